The maximum atomic E-state index is 12.1. The minimum absolute atomic E-state index is 0.275. The molecule has 2 rings (SSSR count). The van der Waals surface area contributed by atoms with Crippen LogP contribution in [0.2, 0.25) is 0 Å². The largest absolute Gasteiger partial charge is 0.573 e. The molecule has 0 fully saturated rings. The second-order valence-corrected chi connectivity index (χ2v) is 4.12. The number of ether oxygens (including phenoxy) is 1. The maximum Gasteiger partial charge on any atom is 0.573 e. The molecule has 0 atom stereocenters. The summed E-state index contributed by atoms with van der Waals surface area (Å²) >= 11 is 0. The van der Waals surface area contributed by atoms with E-state index in [2.05, 4.69) is 9.72 Å². The van der Waals surface area contributed by atoms with Gasteiger partial charge in [0, 0.05) is 17.3 Å². The van der Waals surface area contributed by atoms with E-state index in [1.54, 1.807) is 19.1 Å². The lowest BCUT2D eigenvalue weighted by molar-refractivity contribution is -0.274. The van der Waals surface area contributed by atoms with Crippen LogP contribution in [-0.4, -0.2) is 17.6 Å². The molecule has 0 unspecified atom stereocenters. The third-order valence-electron chi connectivity index (χ3n) is 2.63. The van der Waals surface area contributed by atoms with Gasteiger partial charge in [-0.1, -0.05) is 0 Å². The van der Waals surface area contributed by atoms with Crippen molar-refractivity contribution in [2.75, 3.05) is 0 Å². The summed E-state index contributed by atoms with van der Waals surface area (Å²) in [6.07, 6.45) is -2.64. The zero-order valence-electron chi connectivity index (χ0n) is 10.4. The summed E-state index contributed by atoms with van der Waals surface area (Å²) in [5.41, 5.74) is 2.28. The summed E-state index contributed by atoms with van der Waals surface area (Å²) in [4.78, 5) is 14.6. The summed E-state index contributed by atoms with van der Waals surface area (Å²) in [5.74, 6) is -0.275. The molecule has 1 heterocycles. The number of alkyl halides is 3. The summed E-state index contributed by atoms with van der Waals surface area (Å²) in [6.45, 7) is 1.66. The highest BCUT2D eigenvalue weighted by atomic mass is 19.4. The van der Waals surface area contributed by atoms with Gasteiger partial charge in [0.25, 0.3) is 0 Å². The van der Waals surface area contributed by atoms with Crippen LogP contribution in [0.25, 0.3) is 11.3 Å². The van der Waals surface area contributed by atoms with Crippen LogP contribution in [0.15, 0.2) is 36.5 Å². The molecule has 0 amide bonds. The Hall–Kier alpha value is -2.37. The van der Waals surface area contributed by atoms with E-state index in [1.807, 2.05) is 0 Å². The van der Waals surface area contributed by atoms with E-state index in [-0.39, 0.29) is 5.75 Å². The molecule has 0 bridgehead atoms. The Labute approximate surface area is 113 Å². The van der Waals surface area contributed by atoms with E-state index in [4.69, 9.17) is 0 Å². The number of nitrogens with zero attached hydrogens (tertiary/aromatic N) is 1. The van der Waals surface area contributed by atoms with Gasteiger partial charge in [-0.05, 0) is 42.8 Å². The molecule has 104 valence electrons. The monoisotopic (exact) mass is 281 g/mol. The maximum absolute atomic E-state index is 12.1. The molecule has 0 N–H and O–H groups in total. The number of aryl methyl sites for hydroxylation is 1. The minimum Gasteiger partial charge on any atom is -0.406 e. The van der Waals surface area contributed by atoms with E-state index >= 15 is 0 Å². The Morgan fingerprint density at radius 2 is 1.95 bits per heavy atom. The lowest BCUT2D eigenvalue weighted by atomic mass is 10.0. The molecule has 0 saturated heterocycles. The second-order valence-electron chi connectivity index (χ2n) is 4.12. The predicted octanol–water partition coefficient (Wildman–Crippen LogP) is 3.77. The normalized spacial score (nSPS) is 11.2. The standard InChI is InChI=1S/C14H10F3NO2/c1-9-6-11(20-14(15,16)17)3-4-12(9)13-5-2-10(8-19)7-18-13/h2-8H,1H3. The number of aromatic nitrogens is 1. The first kappa shape index (κ1) is 14.0. The first-order chi connectivity index (χ1) is 9.39. The number of hydrogen-bond acceptors (Lipinski definition) is 3. The predicted molar refractivity (Wildman–Crippen MR) is 66.5 cm³/mol. The van der Waals surface area contributed by atoms with Gasteiger partial charge in [0.15, 0.2) is 6.29 Å². The van der Waals surface area contributed by atoms with Crippen LogP contribution in [0.1, 0.15) is 15.9 Å². The highest BCUT2D eigenvalue weighted by Crippen LogP contribution is 2.28. The SMILES string of the molecule is Cc1cc(OC(F)(F)F)ccc1-c1ccc(C=O)cn1. The topological polar surface area (TPSA) is 39.2 Å². The van der Waals surface area contributed by atoms with Crippen LogP contribution in [0.3, 0.4) is 0 Å². The van der Waals surface area contributed by atoms with Gasteiger partial charge in [-0.2, -0.15) is 0 Å². The molecule has 20 heavy (non-hydrogen) atoms. The molecular formula is C14H10F3NO2. The Bertz CT molecular complexity index is 621. The molecular weight excluding hydrogens is 271 g/mol. The van der Waals surface area contributed by atoms with Gasteiger partial charge >= 0.3 is 6.36 Å². The number of halogens is 3. The van der Waals surface area contributed by atoms with Crippen molar-refractivity contribution < 1.29 is 22.7 Å². The van der Waals surface area contributed by atoms with Gasteiger partial charge in [0.05, 0.1) is 5.69 Å². The van der Waals surface area contributed by atoms with Crippen molar-refractivity contribution in [3.05, 3.63) is 47.7 Å². The number of aldehydes is 1. The van der Waals surface area contributed by atoms with Crippen molar-refractivity contribution >= 4 is 6.29 Å². The highest BCUT2D eigenvalue weighted by Gasteiger charge is 2.31. The zero-order valence-corrected chi connectivity index (χ0v) is 10.4. The minimum atomic E-state index is -4.71. The van der Waals surface area contributed by atoms with Gasteiger partial charge in [-0.15, -0.1) is 13.2 Å². The first-order valence-electron chi connectivity index (χ1n) is 5.67. The summed E-state index contributed by atoms with van der Waals surface area (Å²) in [6, 6.07) is 7.24. The van der Waals surface area contributed by atoms with E-state index in [1.165, 1.54) is 24.4 Å². The number of carbonyl (C=O) groups is 1. The molecule has 0 aliphatic rings. The van der Waals surface area contributed by atoms with E-state index in [0.717, 1.165) is 0 Å². The molecule has 2 aromatic rings. The molecule has 0 saturated carbocycles. The number of hydrogen-bond donors (Lipinski definition) is 0. The van der Waals surface area contributed by atoms with E-state index in [0.29, 0.717) is 28.7 Å². The third-order valence-corrected chi connectivity index (χ3v) is 2.63. The average molecular weight is 281 g/mol. The first-order valence-corrected chi connectivity index (χ1v) is 5.67. The zero-order chi connectivity index (χ0) is 14.8. The van der Waals surface area contributed by atoms with E-state index in [9.17, 15) is 18.0 Å². The smallest absolute Gasteiger partial charge is 0.406 e. The van der Waals surface area contributed by atoms with Crippen molar-refractivity contribution in [1.82, 2.24) is 4.98 Å². The fourth-order valence-corrected chi connectivity index (χ4v) is 1.76. The highest BCUT2D eigenvalue weighted by molar-refractivity contribution is 5.75. The number of carbonyl (C=O) groups excluding carboxylic acids is 1. The summed E-state index contributed by atoms with van der Waals surface area (Å²) < 4.78 is 40.2. The van der Waals surface area contributed by atoms with Crippen molar-refractivity contribution in [3.8, 4) is 17.0 Å². The molecule has 6 heteroatoms. The van der Waals surface area contributed by atoms with Crippen LogP contribution < -0.4 is 4.74 Å². The van der Waals surface area contributed by atoms with Gasteiger partial charge in [0.2, 0.25) is 0 Å². The number of rotatable bonds is 3. The van der Waals surface area contributed by atoms with Crippen LogP contribution in [-0.2, 0) is 0 Å². The van der Waals surface area contributed by atoms with Crippen LogP contribution in [0.4, 0.5) is 13.2 Å². The van der Waals surface area contributed by atoms with Crippen LogP contribution >= 0.6 is 0 Å². The average Bonchev–Trinajstić information content (AvgIpc) is 2.37. The molecule has 3 nitrogen and oxygen atoms in total. The molecule has 0 aliphatic heterocycles. The Morgan fingerprint density at radius 1 is 1.20 bits per heavy atom. The van der Waals surface area contributed by atoms with E-state index < -0.39 is 6.36 Å². The van der Waals surface area contributed by atoms with Gasteiger partial charge in [0.1, 0.15) is 5.75 Å². The summed E-state index contributed by atoms with van der Waals surface area (Å²) in [5, 5.41) is 0. The number of benzene rings is 1. The van der Waals surface area contributed by atoms with Gasteiger partial charge in [-0.25, -0.2) is 0 Å². The Morgan fingerprint density at radius 3 is 2.45 bits per heavy atom. The molecule has 1 aromatic carbocycles. The fraction of sp³-hybridized carbons (Fsp3) is 0.143. The lowest BCUT2D eigenvalue weighted by Crippen LogP contribution is -2.17. The quantitative estimate of drug-likeness (QED) is 0.804. The molecule has 1 aromatic heterocycles. The van der Waals surface area contributed by atoms with Crippen molar-refractivity contribution in [3.63, 3.8) is 0 Å². The molecule has 0 aliphatic carbocycles. The lowest BCUT2D eigenvalue weighted by Gasteiger charge is -2.11. The van der Waals surface area contributed by atoms with Crippen molar-refractivity contribution in [2.24, 2.45) is 0 Å². The second kappa shape index (κ2) is 5.32. The Balaban J connectivity index is 2.31. The number of pyridine rings is 1. The van der Waals surface area contributed by atoms with Crippen molar-refractivity contribution in [1.29, 1.82) is 0 Å². The van der Waals surface area contributed by atoms with Crippen LogP contribution in [0, 0.1) is 6.92 Å². The molecule has 0 radical (unpaired) electrons. The van der Waals surface area contributed by atoms with Gasteiger partial charge < -0.3 is 4.74 Å². The van der Waals surface area contributed by atoms with Crippen molar-refractivity contribution in [2.45, 2.75) is 13.3 Å². The third kappa shape index (κ3) is 3.34. The molecule has 0 spiro atoms. The van der Waals surface area contributed by atoms with Crippen LogP contribution in [0.5, 0.6) is 5.75 Å². The van der Waals surface area contributed by atoms with Gasteiger partial charge in [-0.3, -0.25) is 9.78 Å². The fourth-order valence-electron chi connectivity index (χ4n) is 1.76. The summed E-state index contributed by atoms with van der Waals surface area (Å²) in [7, 11) is 0. The Kier molecular flexibility index (Phi) is 3.74.